The molecule has 1 saturated heterocycles. The van der Waals surface area contributed by atoms with E-state index in [1.165, 1.54) is 24.5 Å². The van der Waals surface area contributed by atoms with E-state index in [0.29, 0.717) is 10.9 Å². The lowest BCUT2D eigenvalue weighted by molar-refractivity contribution is -0.277. The summed E-state index contributed by atoms with van der Waals surface area (Å²) < 4.78 is 16.5. The van der Waals surface area contributed by atoms with Crippen molar-refractivity contribution in [2.24, 2.45) is 0 Å². The number of aliphatic hydroxyl groups excluding tert-OH is 4. The lowest BCUT2D eigenvalue weighted by Gasteiger charge is -2.39. The van der Waals surface area contributed by atoms with Crippen LogP contribution in [-0.4, -0.2) is 57.7 Å². The van der Waals surface area contributed by atoms with E-state index in [1.807, 2.05) is 30.3 Å². The Morgan fingerprint density at radius 3 is 2.45 bits per heavy atom. The van der Waals surface area contributed by atoms with E-state index in [1.54, 1.807) is 0 Å². The largest absolute Gasteiger partial charge is 0.463 e. The molecule has 3 aromatic rings. The smallest absolute Gasteiger partial charge is 0.229 e. The molecule has 4 rings (SSSR count). The summed E-state index contributed by atoms with van der Waals surface area (Å²) in [5.41, 5.74) is 1.25. The van der Waals surface area contributed by atoms with Crippen molar-refractivity contribution in [1.82, 2.24) is 0 Å². The maximum Gasteiger partial charge on any atom is 0.229 e. The van der Waals surface area contributed by atoms with Gasteiger partial charge in [0.1, 0.15) is 42.0 Å². The summed E-state index contributed by atoms with van der Waals surface area (Å²) in [6.07, 6.45) is -5.57. The van der Waals surface area contributed by atoms with Crippen LogP contribution >= 0.6 is 0 Å². The molecule has 0 bridgehead atoms. The predicted molar refractivity (Wildman–Crippen MR) is 102 cm³/mol. The van der Waals surface area contributed by atoms with Crippen LogP contribution in [0.2, 0.25) is 0 Å². The minimum absolute atomic E-state index is 0.197. The molecule has 0 amide bonds. The van der Waals surface area contributed by atoms with E-state index in [4.69, 9.17) is 13.9 Å². The molecule has 1 aliphatic rings. The van der Waals surface area contributed by atoms with Gasteiger partial charge in [0.2, 0.25) is 6.29 Å². The summed E-state index contributed by atoms with van der Waals surface area (Å²) in [5, 5.41) is 39.4. The van der Waals surface area contributed by atoms with Crippen molar-refractivity contribution in [3.8, 4) is 16.9 Å². The molecule has 2 heterocycles. The summed E-state index contributed by atoms with van der Waals surface area (Å²) in [7, 11) is 0. The number of hydrogen-bond acceptors (Lipinski definition) is 8. The summed E-state index contributed by atoms with van der Waals surface area (Å²) in [6, 6.07) is 13.7. The average molecular weight is 400 g/mol. The second kappa shape index (κ2) is 7.94. The van der Waals surface area contributed by atoms with Crippen molar-refractivity contribution in [2.75, 3.05) is 6.61 Å². The van der Waals surface area contributed by atoms with Crippen molar-refractivity contribution >= 4 is 11.0 Å². The van der Waals surface area contributed by atoms with Gasteiger partial charge in [-0.05, 0) is 17.7 Å². The molecule has 152 valence electrons. The van der Waals surface area contributed by atoms with Gasteiger partial charge in [-0.3, -0.25) is 4.79 Å². The molecule has 2 aromatic carbocycles. The Hall–Kier alpha value is -2.75. The zero-order chi connectivity index (χ0) is 20.5. The van der Waals surface area contributed by atoms with E-state index in [0.717, 1.165) is 5.56 Å². The highest BCUT2D eigenvalue weighted by Gasteiger charge is 2.44. The number of aliphatic hydroxyl groups is 4. The highest BCUT2D eigenvalue weighted by atomic mass is 16.7. The topological polar surface area (TPSA) is 130 Å². The number of rotatable bonds is 4. The molecule has 5 atom stereocenters. The third-order valence-corrected chi connectivity index (χ3v) is 4.93. The van der Waals surface area contributed by atoms with Crippen LogP contribution in [-0.2, 0) is 4.74 Å². The second-order valence-electron chi connectivity index (χ2n) is 6.82. The summed E-state index contributed by atoms with van der Waals surface area (Å²) in [5.74, 6) is 0.220. The zero-order valence-electron chi connectivity index (χ0n) is 15.2. The number of fused-ring (bicyclic) bond motifs is 1. The van der Waals surface area contributed by atoms with E-state index in [2.05, 4.69) is 0 Å². The number of hydrogen-bond donors (Lipinski definition) is 4. The predicted octanol–water partition coefficient (Wildman–Crippen LogP) is 0.639. The van der Waals surface area contributed by atoms with Crippen molar-refractivity contribution < 1.29 is 34.3 Å². The third kappa shape index (κ3) is 3.64. The molecule has 0 radical (unpaired) electrons. The first-order valence-electron chi connectivity index (χ1n) is 9.07. The van der Waals surface area contributed by atoms with Crippen molar-refractivity contribution in [3.63, 3.8) is 0 Å². The first-order valence-corrected chi connectivity index (χ1v) is 9.07. The fourth-order valence-electron chi connectivity index (χ4n) is 3.30. The van der Waals surface area contributed by atoms with E-state index >= 15 is 0 Å². The van der Waals surface area contributed by atoms with Crippen LogP contribution in [0.4, 0.5) is 0 Å². The minimum Gasteiger partial charge on any atom is -0.463 e. The molecular weight excluding hydrogens is 380 g/mol. The van der Waals surface area contributed by atoms with Gasteiger partial charge in [0.25, 0.3) is 0 Å². The fourth-order valence-corrected chi connectivity index (χ4v) is 3.30. The van der Waals surface area contributed by atoms with Gasteiger partial charge in [-0.1, -0.05) is 30.3 Å². The lowest BCUT2D eigenvalue weighted by atomic mass is 9.99. The van der Waals surface area contributed by atoms with Crippen LogP contribution in [0, 0.1) is 0 Å². The maximum absolute atomic E-state index is 12.8. The monoisotopic (exact) mass is 400 g/mol. The van der Waals surface area contributed by atoms with Gasteiger partial charge in [0.15, 0.2) is 5.43 Å². The number of benzene rings is 2. The molecule has 1 aliphatic heterocycles. The lowest BCUT2D eigenvalue weighted by Crippen LogP contribution is -2.60. The van der Waals surface area contributed by atoms with Gasteiger partial charge in [-0.2, -0.15) is 0 Å². The molecule has 4 N–H and O–H groups in total. The SMILES string of the molecule is O=c1c(-c2ccccc2)coc2cc(O[C@@H]3O[C@H](CO)[C@H](O)[C@H](O)[C@@H]3O)ccc12. The highest BCUT2D eigenvalue weighted by molar-refractivity contribution is 5.82. The molecule has 0 spiro atoms. The molecule has 1 aromatic heterocycles. The third-order valence-electron chi connectivity index (χ3n) is 4.93. The van der Waals surface area contributed by atoms with Gasteiger partial charge < -0.3 is 34.3 Å². The standard InChI is InChI=1S/C21H20O8/c22-9-16-18(24)19(25)20(26)21(29-16)28-12-6-7-13-15(8-12)27-10-14(17(13)23)11-4-2-1-3-5-11/h1-8,10,16,18-22,24-26H,9H2/t16-,18+,19+,20+,21-/m1/s1. The van der Waals surface area contributed by atoms with Crippen LogP contribution in [0.15, 0.2) is 64.0 Å². The Morgan fingerprint density at radius 2 is 1.72 bits per heavy atom. The summed E-state index contributed by atoms with van der Waals surface area (Å²) >= 11 is 0. The van der Waals surface area contributed by atoms with Crippen molar-refractivity contribution in [1.29, 1.82) is 0 Å². The van der Waals surface area contributed by atoms with Gasteiger partial charge in [0, 0.05) is 6.07 Å². The Balaban J connectivity index is 1.62. The number of ether oxygens (including phenoxy) is 2. The van der Waals surface area contributed by atoms with Gasteiger partial charge in [-0.15, -0.1) is 0 Å². The van der Waals surface area contributed by atoms with Crippen LogP contribution in [0.5, 0.6) is 5.75 Å². The summed E-state index contributed by atoms with van der Waals surface area (Å²) in [6.45, 7) is -0.556. The normalized spacial score (nSPS) is 27.1. The van der Waals surface area contributed by atoms with Gasteiger partial charge in [0.05, 0.1) is 17.6 Å². The molecular formula is C21H20O8. The zero-order valence-corrected chi connectivity index (χ0v) is 15.2. The van der Waals surface area contributed by atoms with Crippen molar-refractivity contribution in [2.45, 2.75) is 30.7 Å². The molecule has 29 heavy (non-hydrogen) atoms. The van der Waals surface area contributed by atoms with Crippen LogP contribution in [0.3, 0.4) is 0 Å². The fraction of sp³-hybridized carbons (Fsp3) is 0.286. The average Bonchev–Trinajstić information content (AvgIpc) is 2.75. The van der Waals surface area contributed by atoms with Gasteiger partial charge >= 0.3 is 0 Å². The van der Waals surface area contributed by atoms with E-state index in [-0.39, 0.29) is 16.8 Å². The quantitative estimate of drug-likeness (QED) is 0.502. The molecule has 0 unspecified atom stereocenters. The molecule has 0 saturated carbocycles. The Labute approximate surface area is 165 Å². The Morgan fingerprint density at radius 1 is 0.966 bits per heavy atom. The first-order chi connectivity index (χ1) is 14.0. The van der Waals surface area contributed by atoms with Crippen LogP contribution in [0.1, 0.15) is 0 Å². The second-order valence-corrected chi connectivity index (χ2v) is 6.82. The summed E-state index contributed by atoms with van der Waals surface area (Å²) in [4.78, 5) is 12.8. The van der Waals surface area contributed by atoms with E-state index < -0.39 is 37.3 Å². The minimum atomic E-state index is -1.54. The Bertz CT molecular complexity index is 1050. The van der Waals surface area contributed by atoms with E-state index in [9.17, 15) is 25.2 Å². The Kier molecular flexibility index (Phi) is 5.35. The molecule has 0 aliphatic carbocycles. The van der Waals surface area contributed by atoms with Gasteiger partial charge in [-0.25, -0.2) is 0 Å². The molecule has 1 fully saturated rings. The van der Waals surface area contributed by atoms with Crippen LogP contribution in [0.25, 0.3) is 22.1 Å². The molecule has 8 heteroatoms. The molecule has 8 nitrogen and oxygen atoms in total. The highest BCUT2D eigenvalue weighted by Crippen LogP contribution is 2.27. The van der Waals surface area contributed by atoms with Crippen molar-refractivity contribution in [3.05, 3.63) is 65.0 Å². The first kappa shape index (κ1) is 19.6. The maximum atomic E-state index is 12.8. The van der Waals surface area contributed by atoms with Crippen LogP contribution < -0.4 is 10.2 Å².